The molecule has 1 amide bonds. The van der Waals surface area contributed by atoms with Crippen molar-refractivity contribution in [2.24, 2.45) is 5.10 Å². The van der Waals surface area contributed by atoms with Crippen molar-refractivity contribution in [2.45, 2.75) is 27.4 Å². The number of amides is 1. The van der Waals surface area contributed by atoms with Crippen LogP contribution in [0.5, 0.6) is 11.5 Å². The summed E-state index contributed by atoms with van der Waals surface area (Å²) in [6.45, 7) is 6.82. The number of para-hydroxylation sites is 1. The van der Waals surface area contributed by atoms with Crippen LogP contribution >= 0.6 is 0 Å². The molecule has 0 saturated heterocycles. The lowest BCUT2D eigenvalue weighted by molar-refractivity contribution is 0.0923. The van der Waals surface area contributed by atoms with E-state index in [0.717, 1.165) is 11.3 Å². The largest absolute Gasteiger partial charge is 0.493 e. The smallest absolute Gasteiger partial charge is 0.307 e. The molecule has 34 heavy (non-hydrogen) atoms. The topological polar surface area (TPSA) is 78.0 Å². The number of hydrogen-bond donors (Lipinski definition) is 1. The van der Waals surface area contributed by atoms with E-state index in [2.05, 4.69) is 41.1 Å². The van der Waals surface area contributed by atoms with E-state index in [1.807, 2.05) is 55.5 Å². The molecule has 0 aliphatic heterocycles. The molecule has 0 aliphatic rings. The second kappa shape index (κ2) is 10.6. The molecule has 0 aliphatic carbocycles. The lowest BCUT2D eigenvalue weighted by Crippen LogP contribution is -2.16. The third kappa shape index (κ3) is 5.38. The molecule has 0 spiro atoms. The summed E-state index contributed by atoms with van der Waals surface area (Å²) in [5.41, 5.74) is 6.67. The zero-order valence-electron chi connectivity index (χ0n) is 19.4. The molecule has 0 fully saturated rings. The number of carbonyl (C=O) groups is 1. The maximum absolute atomic E-state index is 12.3. The fraction of sp³-hybridized carbons (Fsp3) is 0.185. The Morgan fingerprint density at radius 2 is 1.71 bits per heavy atom. The summed E-state index contributed by atoms with van der Waals surface area (Å²) in [6.07, 6.45) is 1.54. The average Bonchev–Trinajstić information content (AvgIpc) is 3.46. The first-order chi connectivity index (χ1) is 16.5. The molecule has 2 heterocycles. The van der Waals surface area contributed by atoms with Gasteiger partial charge in [0, 0.05) is 22.6 Å². The van der Waals surface area contributed by atoms with Crippen molar-refractivity contribution in [1.82, 2.24) is 9.99 Å². The van der Waals surface area contributed by atoms with E-state index in [1.54, 1.807) is 12.1 Å². The first kappa shape index (κ1) is 22.9. The highest BCUT2D eigenvalue weighted by molar-refractivity contribution is 5.92. The van der Waals surface area contributed by atoms with Gasteiger partial charge in [0.25, 0.3) is 0 Å². The molecule has 0 radical (unpaired) electrons. The van der Waals surface area contributed by atoms with Crippen molar-refractivity contribution in [3.63, 3.8) is 0 Å². The molecule has 4 rings (SSSR count). The number of aryl methyl sites for hydroxylation is 2. The predicted octanol–water partition coefficient (Wildman–Crippen LogP) is 5.43. The maximum Gasteiger partial charge on any atom is 0.307 e. The molecular formula is C27H27N3O4. The molecule has 0 unspecified atom stereocenters. The van der Waals surface area contributed by atoms with Crippen molar-refractivity contribution in [3.05, 3.63) is 101 Å². The van der Waals surface area contributed by atoms with Gasteiger partial charge in [0.05, 0.1) is 12.8 Å². The number of carbonyl (C=O) groups excluding carboxylic acids is 1. The van der Waals surface area contributed by atoms with Crippen LogP contribution in [-0.2, 0) is 6.61 Å². The van der Waals surface area contributed by atoms with E-state index in [0.29, 0.717) is 23.9 Å². The van der Waals surface area contributed by atoms with Gasteiger partial charge < -0.3 is 18.5 Å². The summed E-state index contributed by atoms with van der Waals surface area (Å²) in [7, 11) is 0. The van der Waals surface area contributed by atoms with Gasteiger partial charge in [0.15, 0.2) is 5.76 Å². The summed E-state index contributed by atoms with van der Waals surface area (Å²) < 4.78 is 19.1. The Balaban J connectivity index is 1.32. The van der Waals surface area contributed by atoms with Gasteiger partial charge in [-0.05, 0) is 81.4 Å². The van der Waals surface area contributed by atoms with Crippen molar-refractivity contribution in [1.29, 1.82) is 0 Å². The quantitative estimate of drug-likeness (QED) is 0.269. The van der Waals surface area contributed by atoms with Gasteiger partial charge in [0.1, 0.15) is 23.9 Å². The van der Waals surface area contributed by atoms with Gasteiger partial charge in [-0.1, -0.05) is 12.1 Å². The molecule has 0 saturated carbocycles. The third-order valence-electron chi connectivity index (χ3n) is 5.22. The number of nitrogens with zero attached hydrogens (tertiary/aromatic N) is 2. The fourth-order valence-electron chi connectivity index (χ4n) is 3.59. The van der Waals surface area contributed by atoms with E-state index in [-0.39, 0.29) is 12.4 Å². The van der Waals surface area contributed by atoms with Crippen LogP contribution < -0.4 is 14.9 Å². The first-order valence-corrected chi connectivity index (χ1v) is 11.1. The number of furan rings is 1. The normalized spacial score (nSPS) is 11.0. The second-order valence-corrected chi connectivity index (χ2v) is 7.67. The van der Waals surface area contributed by atoms with Crippen LogP contribution in [0, 0.1) is 13.8 Å². The standard InChI is InChI=1S/C27H27N3O4/c1-4-32-25-8-6-5-7-21(25)17-28-29-27(31)26-16-15-24(34-26)18-33-23-13-11-22(12-14-23)30-19(2)9-10-20(30)3/h5-17H,4,18H2,1-3H3,(H,29,31)/b28-17+. The minimum absolute atomic E-state index is 0.155. The van der Waals surface area contributed by atoms with Gasteiger partial charge in [0.2, 0.25) is 0 Å². The highest BCUT2D eigenvalue weighted by Gasteiger charge is 2.11. The Bertz CT molecular complexity index is 1270. The van der Waals surface area contributed by atoms with Gasteiger partial charge in [-0.2, -0.15) is 5.10 Å². The first-order valence-electron chi connectivity index (χ1n) is 11.1. The lowest BCUT2D eigenvalue weighted by Gasteiger charge is -2.10. The van der Waals surface area contributed by atoms with E-state index in [4.69, 9.17) is 13.9 Å². The van der Waals surface area contributed by atoms with Crippen LogP contribution in [0.1, 0.15) is 40.2 Å². The fourth-order valence-corrected chi connectivity index (χ4v) is 3.59. The Morgan fingerprint density at radius 1 is 0.971 bits per heavy atom. The second-order valence-electron chi connectivity index (χ2n) is 7.67. The molecule has 0 bridgehead atoms. The van der Waals surface area contributed by atoms with Gasteiger partial charge in [-0.15, -0.1) is 0 Å². The molecule has 0 atom stereocenters. The molecule has 2 aromatic carbocycles. The van der Waals surface area contributed by atoms with Crippen LogP contribution in [0.15, 0.2) is 82.3 Å². The van der Waals surface area contributed by atoms with E-state index in [9.17, 15) is 4.79 Å². The third-order valence-corrected chi connectivity index (χ3v) is 5.22. The average molecular weight is 458 g/mol. The Labute approximate surface area is 198 Å². The Morgan fingerprint density at radius 3 is 2.44 bits per heavy atom. The number of ether oxygens (including phenoxy) is 2. The molecule has 7 nitrogen and oxygen atoms in total. The van der Waals surface area contributed by atoms with Crippen LogP contribution in [0.2, 0.25) is 0 Å². The summed E-state index contributed by atoms with van der Waals surface area (Å²) in [6, 6.07) is 22.8. The van der Waals surface area contributed by atoms with Crippen LogP contribution in [0.25, 0.3) is 5.69 Å². The van der Waals surface area contributed by atoms with Crippen molar-refractivity contribution >= 4 is 12.1 Å². The van der Waals surface area contributed by atoms with E-state index < -0.39 is 5.91 Å². The maximum atomic E-state index is 12.3. The molecular weight excluding hydrogens is 430 g/mol. The highest BCUT2D eigenvalue weighted by atomic mass is 16.5. The summed E-state index contributed by atoms with van der Waals surface area (Å²) >= 11 is 0. The van der Waals surface area contributed by atoms with Gasteiger partial charge >= 0.3 is 5.91 Å². The number of aromatic nitrogens is 1. The number of hydrogen-bond acceptors (Lipinski definition) is 5. The summed E-state index contributed by atoms with van der Waals surface area (Å²) in [4.78, 5) is 12.3. The number of hydrazone groups is 1. The zero-order chi connectivity index (χ0) is 23.9. The summed E-state index contributed by atoms with van der Waals surface area (Å²) in [5.74, 6) is 1.66. The van der Waals surface area contributed by atoms with Gasteiger partial charge in [-0.3, -0.25) is 4.79 Å². The SMILES string of the molecule is CCOc1ccccc1/C=N/NC(=O)c1ccc(COc2ccc(-n3c(C)ccc3C)cc2)o1. The molecule has 7 heteroatoms. The molecule has 2 aromatic heterocycles. The monoisotopic (exact) mass is 457 g/mol. The van der Waals surface area contributed by atoms with Crippen LogP contribution in [0.3, 0.4) is 0 Å². The highest BCUT2D eigenvalue weighted by Crippen LogP contribution is 2.21. The molecule has 1 N–H and O–H groups in total. The van der Waals surface area contributed by atoms with Crippen LogP contribution in [-0.4, -0.2) is 23.3 Å². The number of benzene rings is 2. The van der Waals surface area contributed by atoms with E-state index in [1.165, 1.54) is 17.6 Å². The van der Waals surface area contributed by atoms with Crippen LogP contribution in [0.4, 0.5) is 0 Å². The zero-order valence-corrected chi connectivity index (χ0v) is 19.4. The lowest BCUT2D eigenvalue weighted by atomic mass is 10.2. The summed E-state index contributed by atoms with van der Waals surface area (Å²) in [5, 5.41) is 4.01. The molecule has 174 valence electrons. The van der Waals surface area contributed by atoms with Crippen molar-refractivity contribution < 1.29 is 18.7 Å². The molecule has 4 aromatic rings. The van der Waals surface area contributed by atoms with Crippen molar-refractivity contribution in [2.75, 3.05) is 6.61 Å². The Kier molecular flexibility index (Phi) is 7.13. The number of rotatable bonds is 9. The van der Waals surface area contributed by atoms with Crippen molar-refractivity contribution in [3.8, 4) is 17.2 Å². The Hall–Kier alpha value is -4.26. The van der Waals surface area contributed by atoms with Gasteiger partial charge in [-0.25, -0.2) is 5.43 Å². The predicted molar refractivity (Wildman–Crippen MR) is 131 cm³/mol. The van der Waals surface area contributed by atoms with E-state index >= 15 is 0 Å². The minimum atomic E-state index is -0.446. The number of nitrogens with one attached hydrogen (secondary N) is 1. The minimum Gasteiger partial charge on any atom is -0.493 e.